The molecule has 0 unspecified atom stereocenters. The molecule has 0 aromatic rings. The van der Waals surface area contributed by atoms with Gasteiger partial charge in [-0.1, -0.05) is 0 Å². The molecule has 0 aliphatic heterocycles. The molecular formula is C10H22N2O2. The SMILES string of the molecule is COC(=O)NCCCCN(C)C(C)C. The van der Waals surface area contributed by atoms with Crippen LogP contribution in [0.1, 0.15) is 26.7 Å². The highest BCUT2D eigenvalue weighted by Crippen LogP contribution is 1.97. The van der Waals surface area contributed by atoms with Gasteiger partial charge in [-0.05, 0) is 40.3 Å². The molecule has 0 bridgehead atoms. The lowest BCUT2D eigenvalue weighted by molar-refractivity contribution is 0.170. The van der Waals surface area contributed by atoms with Gasteiger partial charge in [0.25, 0.3) is 0 Å². The fourth-order valence-electron chi connectivity index (χ4n) is 1.01. The minimum absolute atomic E-state index is 0.345. The third-order valence-corrected chi connectivity index (χ3v) is 2.27. The first-order valence-electron chi connectivity index (χ1n) is 5.10. The van der Waals surface area contributed by atoms with Crippen LogP contribution < -0.4 is 5.32 Å². The Morgan fingerprint density at radius 3 is 2.57 bits per heavy atom. The summed E-state index contributed by atoms with van der Waals surface area (Å²) in [6, 6.07) is 0.587. The number of rotatable bonds is 6. The number of amides is 1. The minimum Gasteiger partial charge on any atom is -0.453 e. The summed E-state index contributed by atoms with van der Waals surface area (Å²) in [5, 5.41) is 2.66. The van der Waals surface area contributed by atoms with E-state index in [4.69, 9.17) is 0 Å². The number of ether oxygens (including phenoxy) is 1. The molecule has 0 aliphatic carbocycles. The maximum atomic E-state index is 10.7. The van der Waals surface area contributed by atoms with Crippen molar-refractivity contribution in [3.05, 3.63) is 0 Å². The Hall–Kier alpha value is -0.770. The lowest BCUT2D eigenvalue weighted by atomic mass is 10.2. The number of unbranched alkanes of at least 4 members (excludes halogenated alkanes) is 1. The van der Waals surface area contributed by atoms with Crippen LogP contribution in [0.15, 0.2) is 0 Å². The van der Waals surface area contributed by atoms with Gasteiger partial charge in [0.2, 0.25) is 0 Å². The molecule has 0 saturated carbocycles. The van der Waals surface area contributed by atoms with Crippen molar-refractivity contribution in [3.63, 3.8) is 0 Å². The highest BCUT2D eigenvalue weighted by molar-refractivity contribution is 5.66. The van der Waals surface area contributed by atoms with Gasteiger partial charge in [-0.25, -0.2) is 4.79 Å². The molecule has 84 valence electrons. The lowest BCUT2D eigenvalue weighted by Gasteiger charge is -2.20. The van der Waals surface area contributed by atoms with E-state index in [1.54, 1.807) is 0 Å². The maximum absolute atomic E-state index is 10.7. The molecule has 4 nitrogen and oxygen atoms in total. The van der Waals surface area contributed by atoms with Crippen LogP contribution in [0, 0.1) is 0 Å². The van der Waals surface area contributed by atoms with Crippen molar-refractivity contribution in [2.24, 2.45) is 0 Å². The molecule has 0 aromatic heterocycles. The van der Waals surface area contributed by atoms with Gasteiger partial charge in [-0.2, -0.15) is 0 Å². The monoisotopic (exact) mass is 202 g/mol. The molecule has 0 rings (SSSR count). The fourth-order valence-corrected chi connectivity index (χ4v) is 1.01. The topological polar surface area (TPSA) is 41.6 Å². The molecule has 0 aromatic carbocycles. The van der Waals surface area contributed by atoms with Crippen LogP contribution >= 0.6 is 0 Å². The Bertz CT molecular complexity index is 160. The molecule has 4 heteroatoms. The second kappa shape index (κ2) is 7.62. The number of nitrogens with zero attached hydrogens (tertiary/aromatic N) is 1. The van der Waals surface area contributed by atoms with Gasteiger partial charge in [0.05, 0.1) is 7.11 Å². The summed E-state index contributed by atoms with van der Waals surface area (Å²) in [5.41, 5.74) is 0. The van der Waals surface area contributed by atoms with Crippen LogP contribution in [0.3, 0.4) is 0 Å². The van der Waals surface area contributed by atoms with Crippen molar-refractivity contribution >= 4 is 6.09 Å². The molecule has 0 heterocycles. The van der Waals surface area contributed by atoms with Gasteiger partial charge in [-0.15, -0.1) is 0 Å². The minimum atomic E-state index is -0.345. The van der Waals surface area contributed by atoms with E-state index in [1.165, 1.54) is 7.11 Å². The molecule has 0 atom stereocenters. The second-order valence-corrected chi connectivity index (χ2v) is 3.70. The van der Waals surface area contributed by atoms with E-state index in [1.807, 2.05) is 0 Å². The Labute approximate surface area is 86.6 Å². The van der Waals surface area contributed by atoms with Crippen molar-refractivity contribution in [1.82, 2.24) is 10.2 Å². The van der Waals surface area contributed by atoms with Crippen LogP contribution in [0.5, 0.6) is 0 Å². The quantitative estimate of drug-likeness (QED) is 0.663. The largest absolute Gasteiger partial charge is 0.453 e. The predicted octanol–water partition coefficient (Wildman–Crippen LogP) is 1.46. The van der Waals surface area contributed by atoms with E-state index in [9.17, 15) is 4.79 Å². The van der Waals surface area contributed by atoms with Gasteiger partial charge in [0, 0.05) is 12.6 Å². The first kappa shape index (κ1) is 13.2. The number of carbonyl (C=O) groups excluding carboxylic acids is 1. The van der Waals surface area contributed by atoms with Crippen molar-refractivity contribution in [2.45, 2.75) is 32.7 Å². The van der Waals surface area contributed by atoms with Gasteiger partial charge in [0.15, 0.2) is 0 Å². The first-order chi connectivity index (χ1) is 6.57. The highest BCUT2D eigenvalue weighted by Gasteiger charge is 2.02. The summed E-state index contributed by atoms with van der Waals surface area (Å²) in [6.07, 6.45) is 1.74. The number of hydrogen-bond donors (Lipinski definition) is 1. The van der Waals surface area contributed by atoms with Crippen molar-refractivity contribution < 1.29 is 9.53 Å². The smallest absolute Gasteiger partial charge is 0.406 e. The fraction of sp³-hybridized carbons (Fsp3) is 0.900. The van der Waals surface area contributed by atoms with E-state index in [2.05, 4.69) is 35.8 Å². The van der Waals surface area contributed by atoms with Crippen molar-refractivity contribution in [2.75, 3.05) is 27.2 Å². The molecule has 0 spiro atoms. The molecular weight excluding hydrogens is 180 g/mol. The zero-order valence-electron chi connectivity index (χ0n) is 9.67. The van der Waals surface area contributed by atoms with Crippen LogP contribution in [0.25, 0.3) is 0 Å². The third kappa shape index (κ3) is 6.71. The predicted molar refractivity (Wildman–Crippen MR) is 57.4 cm³/mol. The first-order valence-corrected chi connectivity index (χ1v) is 5.10. The van der Waals surface area contributed by atoms with Crippen LogP contribution in [0.4, 0.5) is 4.79 Å². The van der Waals surface area contributed by atoms with Crippen LogP contribution in [-0.2, 0) is 4.74 Å². The Morgan fingerprint density at radius 2 is 2.07 bits per heavy atom. The summed E-state index contributed by atoms with van der Waals surface area (Å²) < 4.78 is 4.46. The number of methoxy groups -OCH3 is 1. The van der Waals surface area contributed by atoms with E-state index < -0.39 is 0 Å². The zero-order chi connectivity index (χ0) is 11.0. The van der Waals surface area contributed by atoms with E-state index >= 15 is 0 Å². The number of alkyl carbamates (subject to hydrolysis) is 1. The second-order valence-electron chi connectivity index (χ2n) is 3.70. The molecule has 1 N–H and O–H groups in total. The molecule has 1 amide bonds. The summed E-state index contributed by atoms with van der Waals surface area (Å²) in [7, 11) is 3.49. The number of hydrogen-bond acceptors (Lipinski definition) is 3. The van der Waals surface area contributed by atoms with E-state index in [0.29, 0.717) is 12.6 Å². The van der Waals surface area contributed by atoms with Crippen molar-refractivity contribution in [1.29, 1.82) is 0 Å². The van der Waals surface area contributed by atoms with E-state index in [0.717, 1.165) is 19.4 Å². The Morgan fingerprint density at radius 1 is 1.43 bits per heavy atom. The molecule has 0 radical (unpaired) electrons. The van der Waals surface area contributed by atoms with Crippen LogP contribution in [-0.4, -0.2) is 44.3 Å². The molecule has 0 fully saturated rings. The third-order valence-electron chi connectivity index (χ3n) is 2.27. The van der Waals surface area contributed by atoms with Crippen LogP contribution in [0.2, 0.25) is 0 Å². The average Bonchev–Trinajstić information content (AvgIpc) is 2.16. The summed E-state index contributed by atoms with van der Waals surface area (Å²) >= 11 is 0. The normalized spacial score (nSPS) is 10.7. The van der Waals surface area contributed by atoms with Gasteiger partial charge < -0.3 is 15.0 Å². The number of carbonyl (C=O) groups is 1. The van der Waals surface area contributed by atoms with Gasteiger partial charge >= 0.3 is 6.09 Å². The van der Waals surface area contributed by atoms with Crippen molar-refractivity contribution in [3.8, 4) is 0 Å². The summed E-state index contributed by atoms with van der Waals surface area (Å²) in [4.78, 5) is 13.0. The van der Waals surface area contributed by atoms with E-state index in [-0.39, 0.29) is 6.09 Å². The Balaban J connectivity index is 3.25. The zero-order valence-corrected chi connectivity index (χ0v) is 9.67. The summed E-state index contributed by atoms with van der Waals surface area (Å²) in [5.74, 6) is 0. The molecule has 0 saturated heterocycles. The van der Waals surface area contributed by atoms with Gasteiger partial charge in [-0.3, -0.25) is 0 Å². The molecule has 14 heavy (non-hydrogen) atoms. The maximum Gasteiger partial charge on any atom is 0.406 e. The summed E-state index contributed by atoms with van der Waals surface area (Å²) in [6.45, 7) is 6.11. The number of nitrogens with one attached hydrogen (secondary N) is 1. The standard InChI is InChI=1S/C10H22N2O2/c1-9(2)12(3)8-6-5-7-11-10(13)14-4/h9H,5-8H2,1-4H3,(H,11,13). The Kier molecular flexibility index (Phi) is 7.20. The highest BCUT2D eigenvalue weighted by atomic mass is 16.5. The average molecular weight is 202 g/mol. The molecule has 0 aliphatic rings. The van der Waals surface area contributed by atoms with Gasteiger partial charge in [0.1, 0.15) is 0 Å². The lowest BCUT2D eigenvalue weighted by Crippen LogP contribution is -2.28.